The van der Waals surface area contributed by atoms with Crippen molar-refractivity contribution < 1.29 is 61.0 Å². The molecular weight excluding hydrogens is 539 g/mol. The predicted octanol–water partition coefficient (Wildman–Crippen LogP) is 3.61. The summed E-state index contributed by atoms with van der Waals surface area (Å²) in [4.78, 5) is 49.6. The Morgan fingerprint density at radius 2 is 1.62 bits per heavy atom. The number of phosphoric acid groups is 1. The van der Waals surface area contributed by atoms with Gasteiger partial charge in [-0.3, -0.25) is 23.4 Å². The fourth-order valence-electron chi connectivity index (χ4n) is 4.52. The molecular formula is C25H41O13P. The second kappa shape index (κ2) is 15.1. The van der Waals surface area contributed by atoms with Crippen LogP contribution in [0.2, 0.25) is 0 Å². The molecule has 0 amide bonds. The highest BCUT2D eigenvalue weighted by molar-refractivity contribution is 7.48. The minimum Gasteiger partial charge on any atom is -0.465 e. The predicted molar refractivity (Wildman–Crippen MR) is 134 cm³/mol. The van der Waals surface area contributed by atoms with E-state index in [0.29, 0.717) is 12.8 Å². The molecule has 0 saturated carbocycles. The van der Waals surface area contributed by atoms with Crippen LogP contribution in [0, 0.1) is 5.92 Å². The summed E-state index contributed by atoms with van der Waals surface area (Å²) in [5.74, 6) is -6.17. The summed E-state index contributed by atoms with van der Waals surface area (Å²) in [6.07, 6.45) is -2.28. The van der Waals surface area contributed by atoms with Crippen molar-refractivity contribution in [2.24, 2.45) is 5.92 Å². The van der Waals surface area contributed by atoms with Crippen LogP contribution in [0.1, 0.15) is 79.6 Å². The number of esters is 4. The lowest BCUT2D eigenvalue weighted by atomic mass is 9.82. The maximum atomic E-state index is 13.8. The van der Waals surface area contributed by atoms with E-state index in [0.717, 1.165) is 26.9 Å². The van der Waals surface area contributed by atoms with E-state index in [2.05, 4.69) is 0 Å². The van der Waals surface area contributed by atoms with Crippen molar-refractivity contribution in [3.8, 4) is 0 Å². The standard InChI is InChI=1S/C25H41O13P/c1-7-10-12-32-39(30,33-13-11-8-2)38-25(24(29)31-6)15-20-18(14-21(28)36-20)22(37-25)23(35-17(5)27)19(9-3)34-16(4)26/h18-20,22-23H,7-15H2,1-6H3/t18-,19-,20-,22?,23-,25+/m1/s1. The van der Waals surface area contributed by atoms with Crippen LogP contribution in [0.5, 0.6) is 0 Å². The number of hydrogen-bond acceptors (Lipinski definition) is 13. The third-order valence-electron chi connectivity index (χ3n) is 6.34. The minimum absolute atomic E-state index is 0.0159. The molecule has 0 aromatic heterocycles. The summed E-state index contributed by atoms with van der Waals surface area (Å²) < 4.78 is 58.2. The molecule has 224 valence electrons. The molecule has 0 aromatic rings. The quantitative estimate of drug-likeness (QED) is 0.113. The maximum absolute atomic E-state index is 13.8. The molecule has 0 bridgehead atoms. The van der Waals surface area contributed by atoms with E-state index in [-0.39, 0.29) is 32.5 Å². The van der Waals surface area contributed by atoms with Crippen LogP contribution in [0.15, 0.2) is 0 Å². The van der Waals surface area contributed by atoms with Gasteiger partial charge in [0.2, 0.25) is 0 Å². The van der Waals surface area contributed by atoms with Gasteiger partial charge in [-0.15, -0.1) is 0 Å². The maximum Gasteiger partial charge on any atom is 0.477 e. The average Bonchev–Trinajstić information content (AvgIpc) is 3.24. The molecule has 14 heteroatoms. The molecule has 2 saturated heterocycles. The Kier molecular flexibility index (Phi) is 12.8. The second-order valence-electron chi connectivity index (χ2n) is 9.47. The molecule has 2 aliphatic rings. The molecule has 1 unspecified atom stereocenters. The molecule has 0 N–H and O–H groups in total. The van der Waals surface area contributed by atoms with Gasteiger partial charge in [0.25, 0.3) is 5.79 Å². The van der Waals surface area contributed by atoms with Crippen LogP contribution < -0.4 is 0 Å². The number of unbranched alkanes of at least 4 members (excludes halogenated alkanes) is 2. The number of carbonyl (C=O) groups is 4. The van der Waals surface area contributed by atoms with E-state index in [1.54, 1.807) is 6.92 Å². The lowest BCUT2D eigenvalue weighted by molar-refractivity contribution is -0.294. The van der Waals surface area contributed by atoms with Crippen LogP contribution in [-0.2, 0) is 61.0 Å². The molecule has 2 aliphatic heterocycles. The second-order valence-corrected chi connectivity index (χ2v) is 11.1. The summed E-state index contributed by atoms with van der Waals surface area (Å²) in [7, 11) is -3.35. The fourth-order valence-corrected chi connectivity index (χ4v) is 5.96. The van der Waals surface area contributed by atoms with Gasteiger partial charge in [0.1, 0.15) is 18.3 Å². The summed E-state index contributed by atoms with van der Waals surface area (Å²) in [6, 6.07) is 0. The van der Waals surface area contributed by atoms with E-state index >= 15 is 0 Å². The lowest BCUT2D eigenvalue weighted by Gasteiger charge is -2.46. The number of methoxy groups -OCH3 is 1. The molecule has 0 radical (unpaired) electrons. The number of rotatable bonds is 16. The van der Waals surface area contributed by atoms with Crippen molar-refractivity contribution in [1.29, 1.82) is 0 Å². The number of ether oxygens (including phenoxy) is 5. The van der Waals surface area contributed by atoms with E-state index in [1.165, 1.54) is 6.92 Å². The highest BCUT2D eigenvalue weighted by atomic mass is 31.2. The van der Waals surface area contributed by atoms with E-state index < -0.39 is 67.8 Å². The number of hydrogen-bond donors (Lipinski definition) is 0. The van der Waals surface area contributed by atoms with Gasteiger partial charge in [-0.1, -0.05) is 33.6 Å². The first-order valence-electron chi connectivity index (χ1n) is 13.3. The molecule has 2 rings (SSSR count). The molecule has 13 nitrogen and oxygen atoms in total. The van der Waals surface area contributed by atoms with Crippen LogP contribution in [0.4, 0.5) is 0 Å². The van der Waals surface area contributed by atoms with E-state index in [9.17, 15) is 23.7 Å². The zero-order valence-electron chi connectivity index (χ0n) is 23.5. The third-order valence-corrected chi connectivity index (χ3v) is 7.86. The van der Waals surface area contributed by atoms with Crippen LogP contribution in [0.25, 0.3) is 0 Å². The lowest BCUT2D eigenvalue weighted by Crippen LogP contribution is -2.61. The first-order chi connectivity index (χ1) is 18.4. The largest absolute Gasteiger partial charge is 0.477 e. The van der Waals surface area contributed by atoms with Crippen molar-refractivity contribution in [1.82, 2.24) is 0 Å². The average molecular weight is 581 g/mol. The van der Waals surface area contributed by atoms with Crippen molar-refractivity contribution in [2.45, 2.75) is 110 Å². The highest BCUT2D eigenvalue weighted by Gasteiger charge is 2.63. The van der Waals surface area contributed by atoms with Gasteiger partial charge in [0.05, 0.1) is 33.2 Å². The normalized spacial score (nSPS) is 26.2. The third kappa shape index (κ3) is 8.97. The van der Waals surface area contributed by atoms with Crippen LogP contribution in [0.3, 0.4) is 0 Å². The highest BCUT2D eigenvalue weighted by Crippen LogP contribution is 2.57. The van der Waals surface area contributed by atoms with Crippen LogP contribution >= 0.6 is 7.82 Å². The molecule has 0 aliphatic carbocycles. The first kappa shape index (κ1) is 33.2. The number of fused-ring (bicyclic) bond motifs is 1. The molecule has 39 heavy (non-hydrogen) atoms. The van der Waals surface area contributed by atoms with Gasteiger partial charge in [0.15, 0.2) is 6.10 Å². The topological polar surface area (TPSA) is 159 Å². The monoisotopic (exact) mass is 580 g/mol. The van der Waals surface area contributed by atoms with Gasteiger partial charge >= 0.3 is 31.7 Å². The van der Waals surface area contributed by atoms with Gasteiger partial charge in [-0.05, 0) is 19.3 Å². The van der Waals surface area contributed by atoms with Crippen LogP contribution in [-0.4, -0.2) is 74.4 Å². The Balaban J connectivity index is 2.57. The van der Waals surface area contributed by atoms with Gasteiger partial charge in [0, 0.05) is 19.8 Å². The fraction of sp³-hybridized carbons (Fsp3) is 0.840. The molecule has 6 atom stereocenters. The Labute approximate surface area is 229 Å². The summed E-state index contributed by atoms with van der Waals surface area (Å²) in [5, 5.41) is 0. The molecule has 0 aromatic carbocycles. The SMILES string of the molecule is CCCCOP(=O)(OCCCC)O[C@]1(C(=O)OC)C[C@H]2OC(=O)C[C@H]2C([C@H](OC(C)=O)[C@@H](CC)OC(C)=O)O1. The zero-order valence-corrected chi connectivity index (χ0v) is 24.4. The van der Waals surface area contributed by atoms with E-state index in [1.807, 2.05) is 13.8 Å². The van der Waals surface area contributed by atoms with Crippen molar-refractivity contribution in [3.05, 3.63) is 0 Å². The van der Waals surface area contributed by atoms with Crippen molar-refractivity contribution in [3.63, 3.8) is 0 Å². The zero-order chi connectivity index (χ0) is 29.2. The summed E-state index contributed by atoms with van der Waals surface area (Å²) in [5.41, 5.74) is 0. The van der Waals surface area contributed by atoms with E-state index in [4.69, 9.17) is 37.3 Å². The smallest absolute Gasteiger partial charge is 0.465 e. The molecule has 0 spiro atoms. The first-order valence-corrected chi connectivity index (χ1v) is 14.8. The Hall–Kier alpha value is -2.05. The minimum atomic E-state index is -4.43. The van der Waals surface area contributed by atoms with Gasteiger partial charge in [-0.2, -0.15) is 0 Å². The number of carbonyl (C=O) groups excluding carboxylic acids is 4. The van der Waals surface area contributed by atoms with Gasteiger partial charge < -0.3 is 23.7 Å². The number of phosphoric ester groups is 1. The Bertz CT molecular complexity index is 894. The Morgan fingerprint density at radius 1 is 1.03 bits per heavy atom. The Morgan fingerprint density at radius 3 is 2.10 bits per heavy atom. The van der Waals surface area contributed by atoms with Crippen molar-refractivity contribution >= 4 is 31.7 Å². The summed E-state index contributed by atoms with van der Waals surface area (Å²) in [6.45, 7) is 7.90. The van der Waals surface area contributed by atoms with Gasteiger partial charge in [-0.25, -0.2) is 13.9 Å². The molecule has 2 fully saturated rings. The van der Waals surface area contributed by atoms with Crippen molar-refractivity contribution in [2.75, 3.05) is 20.3 Å². The summed E-state index contributed by atoms with van der Waals surface area (Å²) >= 11 is 0. The molecule has 2 heterocycles.